The van der Waals surface area contributed by atoms with Crippen molar-refractivity contribution in [3.8, 4) is 0 Å². The molecule has 146 valence electrons. The molecule has 2 fully saturated rings. The van der Waals surface area contributed by atoms with Gasteiger partial charge in [-0.25, -0.2) is 0 Å². The quantitative estimate of drug-likeness (QED) is 0.710. The molecule has 1 N–H and O–H groups in total. The zero-order chi connectivity index (χ0) is 19.9. The number of hydrogen-bond donors (Lipinski definition) is 1. The summed E-state index contributed by atoms with van der Waals surface area (Å²) < 4.78 is 11.2. The Morgan fingerprint density at radius 3 is 2.56 bits per heavy atom. The first kappa shape index (κ1) is 18.3. The van der Waals surface area contributed by atoms with Crippen LogP contribution in [-0.2, 0) is 23.9 Å². The number of Topliss-reactive ketones (excluding diaryl/α,β-unsaturated/α-hetero) is 2. The lowest BCUT2D eigenvalue weighted by Crippen LogP contribution is -2.69. The topological polar surface area (TPSA) is 89.9 Å². The third-order valence-corrected chi connectivity index (χ3v) is 7.90. The molecule has 4 aliphatic rings. The largest absolute Gasteiger partial charge is 0.505 e. The van der Waals surface area contributed by atoms with Gasteiger partial charge in [0.05, 0.1) is 13.5 Å². The van der Waals surface area contributed by atoms with Gasteiger partial charge in [-0.3, -0.25) is 14.4 Å². The van der Waals surface area contributed by atoms with Crippen LogP contribution in [0, 0.1) is 34.5 Å². The highest BCUT2D eigenvalue weighted by molar-refractivity contribution is 6.07. The molecule has 7 atom stereocenters. The van der Waals surface area contributed by atoms with E-state index < -0.39 is 28.6 Å². The molecule has 6 heteroatoms. The van der Waals surface area contributed by atoms with Crippen molar-refractivity contribution in [3.63, 3.8) is 0 Å². The molecule has 0 amide bonds. The van der Waals surface area contributed by atoms with E-state index in [2.05, 4.69) is 0 Å². The zero-order valence-electron chi connectivity index (χ0n) is 16.4. The molecule has 1 heterocycles. The van der Waals surface area contributed by atoms with Crippen LogP contribution in [0.2, 0.25) is 0 Å². The van der Waals surface area contributed by atoms with Crippen LogP contribution in [0.1, 0.15) is 40.5 Å². The molecule has 6 nitrogen and oxygen atoms in total. The van der Waals surface area contributed by atoms with Crippen molar-refractivity contribution in [3.05, 3.63) is 23.2 Å². The number of ether oxygens (including phenoxy) is 2. The summed E-state index contributed by atoms with van der Waals surface area (Å²) in [5.41, 5.74) is -1.01. The van der Waals surface area contributed by atoms with E-state index in [-0.39, 0.29) is 47.4 Å². The molecular formula is C21H26O6. The van der Waals surface area contributed by atoms with Crippen LogP contribution in [-0.4, -0.2) is 35.9 Å². The van der Waals surface area contributed by atoms with Crippen LogP contribution < -0.4 is 0 Å². The third kappa shape index (κ3) is 1.99. The van der Waals surface area contributed by atoms with E-state index in [0.29, 0.717) is 6.42 Å². The van der Waals surface area contributed by atoms with Crippen LogP contribution in [0.5, 0.6) is 0 Å². The van der Waals surface area contributed by atoms with Gasteiger partial charge in [0.15, 0.2) is 11.5 Å². The standard InChI is InChI=1S/C21H26O6/c1-9-6-13(22)19(25)21(4)11(9)7-14-20(3)12(8-15(23)27-14)10(2)17(26-5)16(24)18(20)21/h6,9,11-12,14,18,22H,7-8H2,1-5H3/t9-,11-,12+,14-,18-,20-,21+/m1/s1. The summed E-state index contributed by atoms with van der Waals surface area (Å²) in [6, 6.07) is 0. The van der Waals surface area contributed by atoms with Crippen molar-refractivity contribution in [1.82, 2.24) is 0 Å². The van der Waals surface area contributed by atoms with Crippen molar-refractivity contribution in [1.29, 1.82) is 0 Å². The predicted octanol–water partition coefficient (Wildman–Crippen LogP) is 2.73. The van der Waals surface area contributed by atoms with E-state index in [1.54, 1.807) is 13.0 Å². The first-order valence-corrected chi connectivity index (χ1v) is 9.52. The van der Waals surface area contributed by atoms with Crippen molar-refractivity contribution in [2.24, 2.45) is 34.5 Å². The molecule has 1 aliphatic heterocycles. The molecule has 27 heavy (non-hydrogen) atoms. The van der Waals surface area contributed by atoms with Gasteiger partial charge in [0.1, 0.15) is 6.10 Å². The fourth-order valence-corrected chi connectivity index (χ4v) is 6.67. The maximum absolute atomic E-state index is 13.6. The maximum atomic E-state index is 13.6. The normalized spacial score (nSPS) is 46.3. The number of fused-ring (bicyclic) bond motifs is 2. The van der Waals surface area contributed by atoms with Gasteiger partial charge in [-0.05, 0) is 36.8 Å². The lowest BCUT2D eigenvalue weighted by atomic mass is 9.40. The lowest BCUT2D eigenvalue weighted by Gasteiger charge is -2.64. The number of esters is 1. The van der Waals surface area contributed by atoms with Crippen molar-refractivity contribution in [2.45, 2.75) is 46.6 Å². The minimum atomic E-state index is -1.06. The smallest absolute Gasteiger partial charge is 0.306 e. The number of ketones is 2. The number of hydrogen-bond acceptors (Lipinski definition) is 6. The number of carbonyl (C=O) groups excluding carboxylic acids is 3. The lowest BCUT2D eigenvalue weighted by molar-refractivity contribution is -0.217. The summed E-state index contributed by atoms with van der Waals surface area (Å²) in [6.07, 6.45) is 1.80. The highest BCUT2D eigenvalue weighted by Gasteiger charge is 2.71. The SMILES string of the molecule is COC1=C(C)[C@@H]2CC(=O)O[C@@H]3C[C@@H]4[C@H](C)C=C(O)C(=O)[C@]4(C)[C@H](C1=O)[C@@]32C. The summed E-state index contributed by atoms with van der Waals surface area (Å²) in [6.45, 7) is 7.52. The first-order valence-electron chi connectivity index (χ1n) is 9.52. The molecule has 0 unspecified atom stereocenters. The van der Waals surface area contributed by atoms with Crippen LogP contribution in [0.25, 0.3) is 0 Å². The molecular weight excluding hydrogens is 348 g/mol. The van der Waals surface area contributed by atoms with E-state index in [1.165, 1.54) is 7.11 Å². The molecule has 0 spiro atoms. The van der Waals surface area contributed by atoms with Gasteiger partial charge >= 0.3 is 5.97 Å². The highest BCUT2D eigenvalue weighted by atomic mass is 16.5. The Balaban J connectivity index is 2.00. The van der Waals surface area contributed by atoms with Crippen molar-refractivity contribution < 1.29 is 29.0 Å². The molecule has 0 aromatic carbocycles. The minimum absolute atomic E-state index is 0.109. The monoisotopic (exact) mass is 374 g/mol. The van der Waals surface area contributed by atoms with Crippen LogP contribution >= 0.6 is 0 Å². The Hall–Kier alpha value is -2.11. The van der Waals surface area contributed by atoms with E-state index in [1.807, 2.05) is 20.8 Å². The number of allylic oxidation sites excluding steroid dienone is 4. The second kappa shape index (κ2) is 5.46. The number of aliphatic hydroxyl groups excluding tert-OH is 1. The Kier molecular flexibility index (Phi) is 3.69. The fourth-order valence-electron chi connectivity index (χ4n) is 6.67. The fraction of sp³-hybridized carbons (Fsp3) is 0.667. The summed E-state index contributed by atoms with van der Waals surface area (Å²) in [7, 11) is 1.45. The molecule has 0 radical (unpaired) electrons. The zero-order valence-corrected chi connectivity index (χ0v) is 16.4. The van der Waals surface area contributed by atoms with Crippen LogP contribution in [0.4, 0.5) is 0 Å². The number of rotatable bonds is 1. The number of aliphatic hydroxyl groups is 1. The van der Waals surface area contributed by atoms with Crippen LogP contribution in [0.3, 0.4) is 0 Å². The number of carbonyl (C=O) groups is 3. The predicted molar refractivity (Wildman–Crippen MR) is 95.4 cm³/mol. The summed E-state index contributed by atoms with van der Waals surface area (Å²) >= 11 is 0. The molecule has 1 saturated heterocycles. The third-order valence-electron chi connectivity index (χ3n) is 7.90. The van der Waals surface area contributed by atoms with Crippen molar-refractivity contribution >= 4 is 17.5 Å². The Bertz CT molecular complexity index is 823. The first-order chi connectivity index (χ1) is 12.6. The van der Waals surface area contributed by atoms with Gasteiger partial charge < -0.3 is 14.6 Å². The van der Waals surface area contributed by atoms with E-state index in [4.69, 9.17) is 9.47 Å². The van der Waals surface area contributed by atoms with Crippen LogP contribution in [0.15, 0.2) is 23.2 Å². The van der Waals surface area contributed by atoms with E-state index in [0.717, 1.165) is 5.57 Å². The molecule has 0 bridgehead atoms. The van der Waals surface area contributed by atoms with Gasteiger partial charge in [0.2, 0.25) is 11.6 Å². The van der Waals surface area contributed by atoms with E-state index in [9.17, 15) is 19.5 Å². The number of methoxy groups -OCH3 is 1. The highest BCUT2D eigenvalue weighted by Crippen LogP contribution is 2.66. The molecule has 0 aromatic rings. The summed E-state index contributed by atoms with van der Waals surface area (Å²) in [5.74, 6) is -2.17. The minimum Gasteiger partial charge on any atom is -0.505 e. The Labute approximate surface area is 158 Å². The van der Waals surface area contributed by atoms with Gasteiger partial charge in [-0.2, -0.15) is 0 Å². The molecule has 0 aromatic heterocycles. The van der Waals surface area contributed by atoms with Gasteiger partial charge in [0.25, 0.3) is 0 Å². The second-order valence-electron chi connectivity index (χ2n) is 8.98. The maximum Gasteiger partial charge on any atom is 0.306 e. The van der Waals surface area contributed by atoms with Gasteiger partial charge in [-0.15, -0.1) is 0 Å². The van der Waals surface area contributed by atoms with Gasteiger partial charge in [0, 0.05) is 22.7 Å². The average Bonchev–Trinajstić information content (AvgIpc) is 2.58. The van der Waals surface area contributed by atoms with E-state index >= 15 is 0 Å². The Morgan fingerprint density at radius 2 is 1.93 bits per heavy atom. The van der Waals surface area contributed by atoms with Gasteiger partial charge in [-0.1, -0.05) is 20.8 Å². The summed E-state index contributed by atoms with van der Waals surface area (Å²) in [5, 5.41) is 10.3. The Morgan fingerprint density at radius 1 is 1.26 bits per heavy atom. The second-order valence-corrected chi connectivity index (χ2v) is 8.98. The average molecular weight is 374 g/mol. The molecule has 3 aliphatic carbocycles. The molecule has 1 saturated carbocycles. The summed E-state index contributed by atoms with van der Waals surface area (Å²) in [4.78, 5) is 39.1. The van der Waals surface area contributed by atoms with Crippen molar-refractivity contribution in [2.75, 3.05) is 7.11 Å². The molecule has 4 rings (SSSR count).